The Morgan fingerprint density at radius 2 is 2.04 bits per heavy atom. The van der Waals surface area contributed by atoms with Gasteiger partial charge in [-0.2, -0.15) is 5.26 Å². The van der Waals surface area contributed by atoms with Gasteiger partial charge in [-0.15, -0.1) is 11.3 Å². The Kier molecular flexibility index (Phi) is 5.57. The lowest BCUT2D eigenvalue weighted by Crippen LogP contribution is -2.20. The van der Waals surface area contributed by atoms with Crippen molar-refractivity contribution in [3.8, 4) is 11.8 Å². The van der Waals surface area contributed by atoms with E-state index >= 15 is 0 Å². The summed E-state index contributed by atoms with van der Waals surface area (Å²) in [5.41, 5.74) is 3.05. The van der Waals surface area contributed by atoms with E-state index in [-0.39, 0.29) is 17.9 Å². The zero-order chi connectivity index (χ0) is 19.6. The van der Waals surface area contributed by atoms with Gasteiger partial charge in [-0.1, -0.05) is 39.8 Å². The first-order valence-corrected chi connectivity index (χ1v) is 10.2. The predicted octanol–water partition coefficient (Wildman–Crippen LogP) is 5.06. The Hall–Kier alpha value is -2.32. The standard InChI is InChI=1S/C22H26N2O2S/c1-14-5-10-17-18(12-23)21(27-19(17)11-14)24-20(25)13-26-16-8-6-15(7-9-16)22(2,3)4/h6-9,14H,5,10-11,13H2,1-4H3,(H,24,25)/t14-/m0/s1. The maximum absolute atomic E-state index is 12.3. The van der Waals surface area contributed by atoms with E-state index in [0.29, 0.717) is 22.2 Å². The molecule has 142 valence electrons. The minimum atomic E-state index is -0.238. The highest BCUT2D eigenvalue weighted by molar-refractivity contribution is 7.16. The molecule has 1 aliphatic carbocycles. The van der Waals surface area contributed by atoms with E-state index in [1.165, 1.54) is 21.8 Å². The van der Waals surface area contributed by atoms with Crippen molar-refractivity contribution in [2.75, 3.05) is 11.9 Å². The number of fused-ring (bicyclic) bond motifs is 1. The van der Waals surface area contributed by atoms with Gasteiger partial charge in [0.15, 0.2) is 6.61 Å². The van der Waals surface area contributed by atoms with E-state index < -0.39 is 0 Å². The lowest BCUT2D eigenvalue weighted by Gasteiger charge is -2.19. The van der Waals surface area contributed by atoms with Gasteiger partial charge in [0.2, 0.25) is 0 Å². The molecule has 1 aromatic carbocycles. The number of nitrogens with one attached hydrogen (secondary N) is 1. The molecule has 0 radical (unpaired) electrons. The number of thiophene rings is 1. The van der Waals surface area contributed by atoms with Crippen LogP contribution in [0.3, 0.4) is 0 Å². The third-order valence-electron chi connectivity index (χ3n) is 4.97. The van der Waals surface area contributed by atoms with Gasteiger partial charge in [-0.25, -0.2) is 0 Å². The summed E-state index contributed by atoms with van der Waals surface area (Å²) in [6.45, 7) is 8.63. The van der Waals surface area contributed by atoms with Crippen LogP contribution < -0.4 is 10.1 Å². The van der Waals surface area contributed by atoms with E-state index in [9.17, 15) is 10.1 Å². The van der Waals surface area contributed by atoms with Crippen molar-refractivity contribution in [3.63, 3.8) is 0 Å². The number of benzene rings is 1. The first kappa shape index (κ1) is 19.4. The van der Waals surface area contributed by atoms with Crippen LogP contribution in [0.2, 0.25) is 0 Å². The zero-order valence-electron chi connectivity index (χ0n) is 16.4. The van der Waals surface area contributed by atoms with Gasteiger partial charge < -0.3 is 10.1 Å². The number of hydrogen-bond acceptors (Lipinski definition) is 4. The molecule has 1 N–H and O–H groups in total. The van der Waals surface area contributed by atoms with Crippen molar-refractivity contribution in [2.45, 2.75) is 52.4 Å². The van der Waals surface area contributed by atoms with Crippen molar-refractivity contribution >= 4 is 22.2 Å². The Balaban J connectivity index is 1.62. The van der Waals surface area contributed by atoms with Crippen LogP contribution in [0, 0.1) is 17.2 Å². The summed E-state index contributed by atoms with van der Waals surface area (Å²) in [4.78, 5) is 13.6. The summed E-state index contributed by atoms with van der Waals surface area (Å²) in [7, 11) is 0. The highest BCUT2D eigenvalue weighted by Crippen LogP contribution is 2.39. The van der Waals surface area contributed by atoms with Crippen LogP contribution in [0.5, 0.6) is 5.75 Å². The van der Waals surface area contributed by atoms with Crippen molar-refractivity contribution < 1.29 is 9.53 Å². The number of carbonyl (C=O) groups is 1. The summed E-state index contributed by atoms with van der Waals surface area (Å²) in [5, 5.41) is 13.0. The van der Waals surface area contributed by atoms with E-state index in [0.717, 1.165) is 24.8 Å². The lowest BCUT2D eigenvalue weighted by atomic mass is 9.87. The van der Waals surface area contributed by atoms with E-state index in [4.69, 9.17) is 4.74 Å². The van der Waals surface area contributed by atoms with Gasteiger partial charge in [-0.05, 0) is 53.9 Å². The molecule has 5 heteroatoms. The molecule has 0 saturated heterocycles. The Morgan fingerprint density at radius 1 is 1.33 bits per heavy atom. The normalized spacial score (nSPS) is 16.3. The molecule has 27 heavy (non-hydrogen) atoms. The number of hydrogen-bond donors (Lipinski definition) is 1. The molecule has 3 rings (SSSR count). The van der Waals surface area contributed by atoms with Crippen LogP contribution >= 0.6 is 11.3 Å². The molecule has 1 atom stereocenters. The van der Waals surface area contributed by atoms with Crippen molar-refractivity contribution in [1.29, 1.82) is 5.26 Å². The van der Waals surface area contributed by atoms with E-state index in [1.807, 2.05) is 24.3 Å². The Labute approximate surface area is 165 Å². The molecular formula is C22H26N2O2S. The number of nitriles is 1. The van der Waals surface area contributed by atoms with Gasteiger partial charge in [0.1, 0.15) is 16.8 Å². The molecule has 1 aromatic heterocycles. The topological polar surface area (TPSA) is 62.1 Å². The number of amides is 1. The van der Waals surface area contributed by atoms with Crippen LogP contribution in [0.4, 0.5) is 5.00 Å². The quantitative estimate of drug-likeness (QED) is 0.804. The van der Waals surface area contributed by atoms with Crippen molar-refractivity contribution in [2.24, 2.45) is 5.92 Å². The third-order valence-corrected chi connectivity index (χ3v) is 6.14. The summed E-state index contributed by atoms with van der Waals surface area (Å²) in [5.74, 6) is 1.06. The largest absolute Gasteiger partial charge is 0.484 e. The fourth-order valence-corrected chi connectivity index (χ4v) is 4.70. The monoisotopic (exact) mass is 382 g/mol. The second kappa shape index (κ2) is 7.74. The molecule has 0 aliphatic heterocycles. The van der Waals surface area contributed by atoms with Crippen molar-refractivity contribution in [3.05, 3.63) is 45.8 Å². The molecule has 2 aromatic rings. The number of ether oxygens (including phenoxy) is 1. The molecule has 0 spiro atoms. The maximum atomic E-state index is 12.3. The highest BCUT2D eigenvalue weighted by atomic mass is 32.1. The first-order chi connectivity index (χ1) is 12.8. The molecule has 0 bridgehead atoms. The highest BCUT2D eigenvalue weighted by Gasteiger charge is 2.24. The summed E-state index contributed by atoms with van der Waals surface area (Å²) in [6, 6.07) is 10.1. The molecule has 4 nitrogen and oxygen atoms in total. The summed E-state index contributed by atoms with van der Waals surface area (Å²) < 4.78 is 5.61. The predicted molar refractivity (Wildman–Crippen MR) is 109 cm³/mol. The molecule has 0 fully saturated rings. The van der Waals surface area contributed by atoms with Gasteiger partial charge in [-0.3, -0.25) is 4.79 Å². The van der Waals surface area contributed by atoms with Gasteiger partial charge in [0, 0.05) is 4.88 Å². The average molecular weight is 383 g/mol. The third kappa shape index (κ3) is 4.51. The molecule has 0 saturated carbocycles. The van der Waals surface area contributed by atoms with E-state index in [1.54, 1.807) is 0 Å². The number of rotatable bonds is 4. The molecule has 1 aliphatic rings. The second-order valence-corrected chi connectivity index (χ2v) is 9.38. The number of carbonyl (C=O) groups excluding carboxylic acids is 1. The van der Waals surface area contributed by atoms with Crippen LogP contribution in [0.1, 0.15) is 55.7 Å². The van der Waals surface area contributed by atoms with Crippen LogP contribution in [-0.4, -0.2) is 12.5 Å². The van der Waals surface area contributed by atoms with Crippen LogP contribution in [0.25, 0.3) is 0 Å². The minimum Gasteiger partial charge on any atom is -0.484 e. The average Bonchev–Trinajstić information content (AvgIpc) is 2.95. The van der Waals surface area contributed by atoms with Gasteiger partial charge >= 0.3 is 0 Å². The lowest BCUT2D eigenvalue weighted by molar-refractivity contribution is -0.118. The summed E-state index contributed by atoms with van der Waals surface area (Å²) in [6.07, 6.45) is 3.00. The van der Waals surface area contributed by atoms with Gasteiger partial charge in [0.25, 0.3) is 5.91 Å². The molecule has 1 amide bonds. The molecule has 1 heterocycles. The fraction of sp³-hybridized carbons (Fsp3) is 0.455. The van der Waals surface area contributed by atoms with Crippen LogP contribution in [0.15, 0.2) is 24.3 Å². The fourth-order valence-electron chi connectivity index (χ4n) is 3.32. The SMILES string of the molecule is C[C@H]1CCc2c(sc(NC(=O)COc3ccc(C(C)(C)C)cc3)c2C#N)C1. The minimum absolute atomic E-state index is 0.0707. The molecular weight excluding hydrogens is 356 g/mol. The summed E-state index contributed by atoms with van der Waals surface area (Å²) >= 11 is 1.53. The number of anilines is 1. The maximum Gasteiger partial charge on any atom is 0.262 e. The van der Waals surface area contributed by atoms with E-state index in [2.05, 4.69) is 39.1 Å². The van der Waals surface area contributed by atoms with Gasteiger partial charge in [0.05, 0.1) is 5.56 Å². The Bertz CT molecular complexity index is 869. The Morgan fingerprint density at radius 3 is 2.67 bits per heavy atom. The van der Waals surface area contributed by atoms with Crippen molar-refractivity contribution in [1.82, 2.24) is 0 Å². The second-order valence-electron chi connectivity index (χ2n) is 8.28. The zero-order valence-corrected chi connectivity index (χ0v) is 17.2. The smallest absolute Gasteiger partial charge is 0.262 e. The number of nitrogens with zero attached hydrogens (tertiary/aromatic N) is 1. The van der Waals surface area contributed by atoms with Crippen LogP contribution in [-0.2, 0) is 23.1 Å². The molecule has 0 unspecified atom stereocenters. The first-order valence-electron chi connectivity index (χ1n) is 9.35.